The Labute approximate surface area is 162 Å². The van der Waals surface area contributed by atoms with E-state index in [0.29, 0.717) is 41.9 Å². The standard InChI is InChI=1S/C20H20ClN3O3/c1-13-18(26-12-23-13)20(25)24-8-4-6-15(11-24)19-22-10-16(27-19)9-14-5-2-3-7-17(14)21/h2-3,5,7,10,12,15H,4,6,8-9,11H2,1H3. The van der Waals surface area contributed by atoms with Gasteiger partial charge in [-0.2, -0.15) is 0 Å². The molecule has 1 saturated heterocycles. The number of benzene rings is 1. The molecule has 27 heavy (non-hydrogen) atoms. The molecule has 0 spiro atoms. The molecule has 2 aromatic heterocycles. The Hall–Kier alpha value is -2.60. The minimum Gasteiger partial charge on any atom is -0.445 e. The van der Waals surface area contributed by atoms with Crippen LogP contribution in [-0.2, 0) is 6.42 Å². The van der Waals surface area contributed by atoms with Crippen LogP contribution in [0.25, 0.3) is 0 Å². The molecule has 0 saturated carbocycles. The van der Waals surface area contributed by atoms with Crippen LogP contribution in [0.2, 0.25) is 5.02 Å². The Morgan fingerprint density at radius 1 is 1.33 bits per heavy atom. The van der Waals surface area contributed by atoms with Gasteiger partial charge in [0.15, 0.2) is 12.3 Å². The smallest absolute Gasteiger partial charge is 0.291 e. The highest BCUT2D eigenvalue weighted by Gasteiger charge is 2.30. The van der Waals surface area contributed by atoms with Crippen LogP contribution in [0.5, 0.6) is 0 Å². The fraction of sp³-hybridized carbons (Fsp3) is 0.350. The average Bonchev–Trinajstić information content (AvgIpc) is 3.32. The molecule has 0 bridgehead atoms. The molecular formula is C20H20ClN3O3. The fourth-order valence-corrected chi connectivity index (χ4v) is 3.64. The molecule has 1 atom stereocenters. The average molecular weight is 386 g/mol. The van der Waals surface area contributed by atoms with Crippen molar-refractivity contribution in [2.75, 3.05) is 13.1 Å². The topological polar surface area (TPSA) is 72.4 Å². The van der Waals surface area contributed by atoms with Crippen molar-refractivity contribution in [3.05, 3.63) is 70.5 Å². The summed E-state index contributed by atoms with van der Waals surface area (Å²) in [4.78, 5) is 22.9. The fourth-order valence-electron chi connectivity index (χ4n) is 3.44. The van der Waals surface area contributed by atoms with Gasteiger partial charge in [0.05, 0.1) is 17.8 Å². The number of halogens is 1. The Bertz CT molecular complexity index is 949. The molecule has 1 aliphatic rings. The molecule has 0 N–H and O–H groups in total. The van der Waals surface area contributed by atoms with E-state index >= 15 is 0 Å². The zero-order chi connectivity index (χ0) is 18.8. The minimum atomic E-state index is -0.127. The third-order valence-corrected chi connectivity index (χ3v) is 5.26. The van der Waals surface area contributed by atoms with Crippen LogP contribution in [0, 0.1) is 6.92 Å². The maximum absolute atomic E-state index is 12.7. The molecule has 1 aliphatic heterocycles. The van der Waals surface area contributed by atoms with Gasteiger partial charge >= 0.3 is 0 Å². The Kier molecular flexibility index (Phi) is 4.99. The largest absolute Gasteiger partial charge is 0.445 e. The van der Waals surface area contributed by atoms with Crippen LogP contribution in [0.1, 0.15) is 52.2 Å². The van der Waals surface area contributed by atoms with Crippen LogP contribution in [0.4, 0.5) is 0 Å². The lowest BCUT2D eigenvalue weighted by Crippen LogP contribution is -2.39. The number of nitrogens with zero attached hydrogens (tertiary/aromatic N) is 3. The third kappa shape index (κ3) is 3.76. The van der Waals surface area contributed by atoms with Gasteiger partial charge in [-0.05, 0) is 31.4 Å². The molecule has 6 nitrogen and oxygen atoms in total. The molecule has 0 radical (unpaired) electrons. The second-order valence-corrected chi connectivity index (χ2v) is 7.20. The second kappa shape index (κ2) is 7.56. The first-order valence-electron chi connectivity index (χ1n) is 8.99. The Morgan fingerprint density at radius 2 is 2.19 bits per heavy atom. The van der Waals surface area contributed by atoms with Crippen molar-refractivity contribution in [2.24, 2.45) is 0 Å². The highest BCUT2D eigenvalue weighted by molar-refractivity contribution is 6.31. The lowest BCUT2D eigenvalue weighted by Gasteiger charge is -2.30. The van der Waals surface area contributed by atoms with Gasteiger partial charge < -0.3 is 13.7 Å². The van der Waals surface area contributed by atoms with Gasteiger partial charge in [-0.25, -0.2) is 9.97 Å². The Balaban J connectivity index is 1.46. The van der Waals surface area contributed by atoms with Gasteiger partial charge in [0.25, 0.3) is 5.91 Å². The Morgan fingerprint density at radius 3 is 2.96 bits per heavy atom. The summed E-state index contributed by atoms with van der Waals surface area (Å²) in [5, 5.41) is 0.715. The van der Waals surface area contributed by atoms with E-state index in [0.717, 1.165) is 24.2 Å². The predicted octanol–water partition coefficient (Wildman–Crippen LogP) is 4.24. The van der Waals surface area contributed by atoms with E-state index in [4.69, 9.17) is 20.4 Å². The monoisotopic (exact) mass is 385 g/mol. The van der Waals surface area contributed by atoms with Crippen molar-refractivity contribution >= 4 is 17.5 Å². The molecule has 3 heterocycles. The number of aryl methyl sites for hydroxylation is 1. The van der Waals surface area contributed by atoms with E-state index < -0.39 is 0 Å². The first kappa shape index (κ1) is 17.8. The quantitative estimate of drug-likeness (QED) is 0.671. The number of amides is 1. The molecule has 1 amide bonds. The van der Waals surface area contributed by atoms with Crippen LogP contribution < -0.4 is 0 Å². The van der Waals surface area contributed by atoms with Gasteiger partial charge in [0, 0.05) is 24.5 Å². The number of oxazole rings is 2. The van der Waals surface area contributed by atoms with Crippen LogP contribution >= 0.6 is 11.6 Å². The molecule has 4 rings (SSSR count). The van der Waals surface area contributed by atoms with Crippen molar-refractivity contribution < 1.29 is 13.6 Å². The van der Waals surface area contributed by atoms with Gasteiger partial charge in [0.1, 0.15) is 5.76 Å². The highest BCUT2D eigenvalue weighted by Crippen LogP contribution is 2.29. The van der Waals surface area contributed by atoms with Crippen molar-refractivity contribution in [2.45, 2.75) is 32.1 Å². The summed E-state index contributed by atoms with van der Waals surface area (Å²) >= 11 is 6.22. The van der Waals surface area contributed by atoms with E-state index in [1.54, 1.807) is 18.0 Å². The number of carbonyl (C=O) groups excluding carboxylic acids is 1. The second-order valence-electron chi connectivity index (χ2n) is 6.79. The summed E-state index contributed by atoms with van der Waals surface area (Å²) in [6.45, 7) is 3.03. The van der Waals surface area contributed by atoms with Crippen molar-refractivity contribution in [3.8, 4) is 0 Å². The zero-order valence-corrected chi connectivity index (χ0v) is 15.8. The van der Waals surface area contributed by atoms with Crippen molar-refractivity contribution in [1.29, 1.82) is 0 Å². The molecule has 140 valence electrons. The summed E-state index contributed by atoms with van der Waals surface area (Å²) in [7, 11) is 0. The number of aromatic nitrogens is 2. The number of likely N-dealkylation sites (tertiary alicyclic amines) is 1. The van der Waals surface area contributed by atoms with E-state index in [1.165, 1.54) is 6.39 Å². The van der Waals surface area contributed by atoms with Crippen molar-refractivity contribution in [1.82, 2.24) is 14.9 Å². The summed E-state index contributed by atoms with van der Waals surface area (Å²) < 4.78 is 11.2. The van der Waals surface area contributed by atoms with Crippen LogP contribution in [0.3, 0.4) is 0 Å². The number of hydrogen-bond acceptors (Lipinski definition) is 5. The predicted molar refractivity (Wildman–Crippen MR) is 99.9 cm³/mol. The molecular weight excluding hydrogens is 366 g/mol. The molecule has 0 aliphatic carbocycles. The summed E-state index contributed by atoms with van der Waals surface area (Å²) in [5.41, 5.74) is 1.61. The minimum absolute atomic E-state index is 0.0749. The van der Waals surface area contributed by atoms with Gasteiger partial charge in [0.2, 0.25) is 5.76 Å². The molecule has 3 aromatic rings. The first-order valence-corrected chi connectivity index (χ1v) is 9.37. The summed E-state index contributed by atoms with van der Waals surface area (Å²) in [6, 6.07) is 7.70. The number of piperidine rings is 1. The van der Waals surface area contributed by atoms with Crippen molar-refractivity contribution in [3.63, 3.8) is 0 Å². The number of hydrogen-bond donors (Lipinski definition) is 0. The molecule has 1 unspecified atom stereocenters. The molecule has 1 fully saturated rings. The van der Waals surface area contributed by atoms with E-state index in [2.05, 4.69) is 9.97 Å². The highest BCUT2D eigenvalue weighted by atomic mass is 35.5. The van der Waals surface area contributed by atoms with Gasteiger partial charge in [-0.3, -0.25) is 4.79 Å². The van der Waals surface area contributed by atoms with E-state index in [9.17, 15) is 4.79 Å². The maximum Gasteiger partial charge on any atom is 0.291 e. The third-order valence-electron chi connectivity index (χ3n) is 4.89. The summed E-state index contributed by atoms with van der Waals surface area (Å²) in [5.74, 6) is 1.70. The van der Waals surface area contributed by atoms with E-state index in [1.807, 2.05) is 24.3 Å². The lowest BCUT2D eigenvalue weighted by molar-refractivity contribution is 0.0664. The molecule has 1 aromatic carbocycles. The van der Waals surface area contributed by atoms with Crippen LogP contribution in [0.15, 0.2) is 45.7 Å². The first-order chi connectivity index (χ1) is 13.1. The SMILES string of the molecule is Cc1ncoc1C(=O)N1CCCC(c2ncc(Cc3ccccc3Cl)o2)C1. The summed E-state index contributed by atoms with van der Waals surface area (Å²) in [6.07, 6.45) is 5.48. The number of rotatable bonds is 4. The zero-order valence-electron chi connectivity index (χ0n) is 15.0. The normalized spacial score (nSPS) is 17.3. The van der Waals surface area contributed by atoms with Crippen LogP contribution in [-0.4, -0.2) is 33.9 Å². The molecule has 7 heteroatoms. The van der Waals surface area contributed by atoms with Gasteiger partial charge in [-0.15, -0.1) is 0 Å². The maximum atomic E-state index is 12.7. The van der Waals surface area contributed by atoms with Gasteiger partial charge in [-0.1, -0.05) is 29.8 Å². The van der Waals surface area contributed by atoms with E-state index in [-0.39, 0.29) is 11.8 Å². The lowest BCUT2D eigenvalue weighted by atomic mass is 9.97. The number of carbonyl (C=O) groups is 1.